The number of nitrogens with one attached hydrogen (secondary N) is 1. The number of hydrogen-bond acceptors (Lipinski definition) is 7. The van der Waals surface area contributed by atoms with Gasteiger partial charge in [-0.1, -0.05) is 32.5 Å². The van der Waals surface area contributed by atoms with Gasteiger partial charge in [0.05, 0.1) is 10.6 Å². The topological polar surface area (TPSA) is 89.8 Å². The Morgan fingerprint density at radius 1 is 1.31 bits per heavy atom. The number of rotatable bonds is 7. The second-order valence-corrected chi connectivity index (χ2v) is 11.3. The number of thioether (sulfide) groups is 1. The lowest BCUT2D eigenvalue weighted by molar-refractivity contribution is -0.115. The highest BCUT2D eigenvalue weighted by molar-refractivity contribution is 8.00. The summed E-state index contributed by atoms with van der Waals surface area (Å²) in [5.74, 6) is 1.15. The van der Waals surface area contributed by atoms with E-state index in [1.54, 1.807) is 34.4 Å². The Labute approximate surface area is 196 Å². The van der Waals surface area contributed by atoms with Crippen molar-refractivity contribution in [1.82, 2.24) is 19.5 Å². The number of fused-ring (bicyclic) bond motifs is 3. The largest absolute Gasteiger partial charge is 0.294 e. The zero-order chi connectivity index (χ0) is 22.8. The number of anilines is 1. The van der Waals surface area contributed by atoms with Crippen LogP contribution >= 0.6 is 23.1 Å². The van der Waals surface area contributed by atoms with Crippen LogP contribution in [0, 0.1) is 11.8 Å². The van der Waals surface area contributed by atoms with Gasteiger partial charge in [0.2, 0.25) is 11.9 Å². The summed E-state index contributed by atoms with van der Waals surface area (Å²) in [6.07, 6.45) is 7.11. The van der Waals surface area contributed by atoms with E-state index in [0.717, 1.165) is 35.9 Å². The van der Waals surface area contributed by atoms with E-state index < -0.39 is 5.25 Å². The Bertz CT molecular complexity index is 1170. The first kappa shape index (κ1) is 22.9. The van der Waals surface area contributed by atoms with Crippen molar-refractivity contribution in [3.63, 3.8) is 0 Å². The highest BCUT2D eigenvalue weighted by Crippen LogP contribution is 2.37. The maximum Gasteiger partial charge on any atom is 0.263 e. The van der Waals surface area contributed by atoms with Crippen molar-refractivity contribution in [1.29, 1.82) is 0 Å². The van der Waals surface area contributed by atoms with Crippen LogP contribution in [-0.4, -0.2) is 30.7 Å². The molecule has 0 aliphatic heterocycles. The van der Waals surface area contributed by atoms with Gasteiger partial charge in [-0.25, -0.2) is 15.0 Å². The summed E-state index contributed by atoms with van der Waals surface area (Å²) in [5.41, 5.74) is 1.23. The maximum absolute atomic E-state index is 13.6. The van der Waals surface area contributed by atoms with Gasteiger partial charge >= 0.3 is 0 Å². The van der Waals surface area contributed by atoms with Gasteiger partial charge in [-0.05, 0) is 56.1 Å². The summed E-state index contributed by atoms with van der Waals surface area (Å²) in [4.78, 5) is 41.4. The van der Waals surface area contributed by atoms with Crippen molar-refractivity contribution in [2.75, 3.05) is 5.32 Å². The Morgan fingerprint density at radius 2 is 2.06 bits per heavy atom. The summed E-state index contributed by atoms with van der Waals surface area (Å²) >= 11 is 2.96. The molecule has 3 aromatic rings. The molecule has 3 aromatic heterocycles. The molecule has 2 atom stereocenters. The third-order valence-corrected chi connectivity index (χ3v) is 8.00. The van der Waals surface area contributed by atoms with Crippen LogP contribution in [0.15, 0.2) is 28.4 Å². The van der Waals surface area contributed by atoms with Gasteiger partial charge in [0, 0.05) is 23.8 Å². The Hall–Kier alpha value is -2.26. The number of aryl methyl sites for hydroxylation is 1. The van der Waals surface area contributed by atoms with Crippen molar-refractivity contribution in [2.24, 2.45) is 11.8 Å². The average molecular weight is 472 g/mol. The third kappa shape index (κ3) is 4.88. The van der Waals surface area contributed by atoms with Gasteiger partial charge in [0.15, 0.2) is 5.16 Å². The van der Waals surface area contributed by atoms with E-state index in [2.05, 4.69) is 36.1 Å². The number of amides is 1. The van der Waals surface area contributed by atoms with Gasteiger partial charge in [0.25, 0.3) is 5.56 Å². The fourth-order valence-electron chi connectivity index (χ4n) is 3.87. The van der Waals surface area contributed by atoms with Crippen molar-refractivity contribution in [3.05, 3.63) is 39.3 Å². The van der Waals surface area contributed by atoms with E-state index in [0.29, 0.717) is 23.5 Å². The average Bonchev–Trinajstić information content (AvgIpc) is 3.11. The molecule has 1 aliphatic rings. The number of hydrogen-bond donors (Lipinski definition) is 1. The van der Waals surface area contributed by atoms with Crippen molar-refractivity contribution < 1.29 is 4.79 Å². The summed E-state index contributed by atoms with van der Waals surface area (Å²) in [6, 6.07) is 1.70. The molecule has 3 heterocycles. The molecule has 9 heteroatoms. The van der Waals surface area contributed by atoms with Crippen LogP contribution in [0.25, 0.3) is 10.2 Å². The molecule has 32 heavy (non-hydrogen) atoms. The highest BCUT2D eigenvalue weighted by Gasteiger charge is 2.26. The molecule has 7 nitrogen and oxygen atoms in total. The summed E-state index contributed by atoms with van der Waals surface area (Å²) in [5, 5.41) is 3.67. The van der Waals surface area contributed by atoms with Crippen LogP contribution in [0.4, 0.5) is 5.95 Å². The lowest BCUT2D eigenvalue weighted by Gasteiger charge is -2.18. The van der Waals surface area contributed by atoms with E-state index in [1.807, 2.05) is 6.92 Å². The Kier molecular flexibility index (Phi) is 6.95. The molecule has 0 saturated carbocycles. The minimum absolute atomic E-state index is 0.0317. The molecule has 0 bridgehead atoms. The molecule has 1 amide bonds. The molecule has 0 spiro atoms. The van der Waals surface area contributed by atoms with Crippen LogP contribution in [0.3, 0.4) is 0 Å². The fraction of sp³-hybridized carbons (Fsp3) is 0.522. The molecule has 1 aliphatic carbocycles. The van der Waals surface area contributed by atoms with E-state index >= 15 is 0 Å². The second-order valence-electron chi connectivity index (χ2n) is 8.89. The second kappa shape index (κ2) is 9.70. The van der Waals surface area contributed by atoms with Crippen LogP contribution in [0.5, 0.6) is 0 Å². The summed E-state index contributed by atoms with van der Waals surface area (Å²) in [7, 11) is 0. The molecule has 0 saturated heterocycles. The first-order chi connectivity index (χ1) is 15.3. The highest BCUT2D eigenvalue weighted by atomic mass is 32.2. The lowest BCUT2D eigenvalue weighted by atomic mass is 9.89. The zero-order valence-electron chi connectivity index (χ0n) is 18.9. The van der Waals surface area contributed by atoms with Gasteiger partial charge in [-0.3, -0.25) is 19.5 Å². The lowest BCUT2D eigenvalue weighted by Crippen LogP contribution is -2.28. The number of carbonyl (C=O) groups excluding carboxylic acids is 1. The predicted molar refractivity (Wildman–Crippen MR) is 131 cm³/mol. The number of carbonyl (C=O) groups is 1. The Balaban J connectivity index is 1.68. The van der Waals surface area contributed by atoms with E-state index in [1.165, 1.54) is 22.2 Å². The zero-order valence-corrected chi connectivity index (χ0v) is 20.6. The molecular weight excluding hydrogens is 442 g/mol. The monoisotopic (exact) mass is 471 g/mol. The molecule has 0 radical (unpaired) electrons. The Morgan fingerprint density at radius 3 is 2.78 bits per heavy atom. The summed E-state index contributed by atoms with van der Waals surface area (Å²) < 4.78 is 1.78. The van der Waals surface area contributed by atoms with E-state index in [9.17, 15) is 9.59 Å². The quantitative estimate of drug-likeness (QED) is 0.402. The van der Waals surface area contributed by atoms with Crippen molar-refractivity contribution in [3.8, 4) is 0 Å². The molecular formula is C23H29N5O2S2. The van der Waals surface area contributed by atoms with E-state index in [-0.39, 0.29) is 17.4 Å². The van der Waals surface area contributed by atoms with Crippen LogP contribution in [-0.2, 0) is 24.2 Å². The maximum atomic E-state index is 13.6. The minimum Gasteiger partial charge on any atom is -0.294 e. The fourth-order valence-corrected chi connectivity index (χ4v) is 6.22. The molecule has 1 N–H and O–H groups in total. The minimum atomic E-state index is -0.455. The van der Waals surface area contributed by atoms with Gasteiger partial charge < -0.3 is 0 Å². The summed E-state index contributed by atoms with van der Waals surface area (Å²) in [6.45, 7) is 8.97. The van der Waals surface area contributed by atoms with Gasteiger partial charge in [-0.2, -0.15) is 0 Å². The molecule has 2 unspecified atom stereocenters. The van der Waals surface area contributed by atoms with Crippen LogP contribution in [0.1, 0.15) is 51.0 Å². The number of nitrogens with zero attached hydrogens (tertiary/aromatic N) is 4. The first-order valence-corrected chi connectivity index (χ1v) is 12.8. The van der Waals surface area contributed by atoms with Crippen LogP contribution < -0.4 is 10.9 Å². The smallest absolute Gasteiger partial charge is 0.263 e. The van der Waals surface area contributed by atoms with E-state index in [4.69, 9.17) is 4.98 Å². The van der Waals surface area contributed by atoms with Crippen molar-refractivity contribution in [2.45, 2.75) is 70.3 Å². The van der Waals surface area contributed by atoms with Gasteiger partial charge in [-0.15, -0.1) is 11.3 Å². The molecule has 170 valence electrons. The molecule has 0 aromatic carbocycles. The van der Waals surface area contributed by atoms with Gasteiger partial charge in [0.1, 0.15) is 4.83 Å². The third-order valence-electron chi connectivity index (χ3n) is 5.76. The molecule has 0 fully saturated rings. The van der Waals surface area contributed by atoms with Crippen molar-refractivity contribution >= 4 is 45.2 Å². The predicted octanol–water partition coefficient (Wildman–Crippen LogP) is 4.54. The number of thiophene rings is 1. The van der Waals surface area contributed by atoms with Crippen LogP contribution in [0.2, 0.25) is 0 Å². The standard InChI is InChI=1S/C23H29N5O2S2/c1-13(2)8-11-28-21(30)18-16-7-6-14(3)12-17(16)32-20(18)27-23(28)31-15(4)19(29)26-22-24-9-5-10-25-22/h5,9-10,13-15H,6-8,11-12H2,1-4H3,(H,24,25,26,29). The SMILES string of the molecule is CC(C)CCn1c(SC(C)C(=O)Nc2ncccn2)nc2sc3c(c2c1=O)CCC(C)C3. The first-order valence-electron chi connectivity index (χ1n) is 11.1. The normalized spacial score (nSPS) is 16.8. The number of aromatic nitrogens is 4. The molecule has 4 rings (SSSR count).